The van der Waals surface area contributed by atoms with Gasteiger partial charge in [-0.25, -0.2) is 4.98 Å². The van der Waals surface area contributed by atoms with Gasteiger partial charge in [-0.2, -0.15) is 0 Å². The molecule has 0 amide bonds. The minimum atomic E-state index is 0. The first-order valence-corrected chi connectivity index (χ1v) is 4.98. The molecule has 14 heavy (non-hydrogen) atoms. The lowest BCUT2D eigenvalue weighted by Crippen LogP contribution is -2.03. The fourth-order valence-corrected chi connectivity index (χ4v) is 1.20. The summed E-state index contributed by atoms with van der Waals surface area (Å²) in [5.74, 6) is 0.930. The van der Waals surface area contributed by atoms with Gasteiger partial charge < -0.3 is 10.7 Å². The molecule has 0 spiro atoms. The number of pyridine rings is 1. The van der Waals surface area contributed by atoms with Gasteiger partial charge in [0.15, 0.2) is 0 Å². The molecule has 0 fully saturated rings. The zero-order chi connectivity index (χ0) is 10.2. The number of hydrogen-bond acceptors (Lipinski definition) is 3. The minimum absolute atomic E-state index is 0. The summed E-state index contributed by atoms with van der Waals surface area (Å²) in [5.41, 5.74) is 0.767. The van der Waals surface area contributed by atoms with E-state index in [1.54, 1.807) is 6.20 Å². The zero-order valence-electron chi connectivity index (χ0n) is 8.59. The predicted octanol–water partition coefficient (Wildman–Crippen LogP) is 2.95. The van der Waals surface area contributed by atoms with Crippen molar-refractivity contribution in [3.63, 3.8) is 0 Å². The SMILES string of the molecule is CC(=N)CCCCNc1ccccn1.[HH]. The lowest BCUT2D eigenvalue weighted by atomic mass is 10.2. The third kappa shape index (κ3) is 4.60. The number of rotatable bonds is 6. The fraction of sp³-hybridized carbons (Fsp3) is 0.455. The summed E-state index contributed by atoms with van der Waals surface area (Å²) < 4.78 is 0. The summed E-state index contributed by atoms with van der Waals surface area (Å²) in [6.07, 6.45) is 4.86. The quantitative estimate of drug-likeness (QED) is 0.539. The van der Waals surface area contributed by atoms with Crippen LogP contribution in [-0.4, -0.2) is 17.2 Å². The maximum absolute atomic E-state index is 7.26. The molecule has 0 unspecified atom stereocenters. The zero-order valence-corrected chi connectivity index (χ0v) is 8.59. The molecule has 0 aromatic carbocycles. The maximum Gasteiger partial charge on any atom is 0.125 e. The van der Waals surface area contributed by atoms with E-state index in [1.165, 1.54) is 0 Å². The van der Waals surface area contributed by atoms with Crippen molar-refractivity contribution in [3.8, 4) is 0 Å². The van der Waals surface area contributed by atoms with Crippen LogP contribution in [0.5, 0.6) is 0 Å². The number of hydrogen-bond donors (Lipinski definition) is 2. The van der Waals surface area contributed by atoms with Gasteiger partial charge in [-0.3, -0.25) is 0 Å². The van der Waals surface area contributed by atoms with Crippen LogP contribution in [0.3, 0.4) is 0 Å². The molecule has 0 saturated carbocycles. The maximum atomic E-state index is 7.26. The van der Waals surface area contributed by atoms with E-state index in [9.17, 15) is 0 Å². The monoisotopic (exact) mass is 193 g/mol. The smallest absolute Gasteiger partial charge is 0.125 e. The number of unbranched alkanes of at least 4 members (excludes halogenated alkanes) is 1. The van der Waals surface area contributed by atoms with E-state index >= 15 is 0 Å². The van der Waals surface area contributed by atoms with Crippen LogP contribution >= 0.6 is 0 Å². The van der Waals surface area contributed by atoms with E-state index in [1.807, 2.05) is 25.1 Å². The highest BCUT2D eigenvalue weighted by Crippen LogP contribution is 2.01. The van der Waals surface area contributed by atoms with Gasteiger partial charge in [0.25, 0.3) is 0 Å². The van der Waals surface area contributed by atoms with Crippen LogP contribution in [-0.2, 0) is 0 Å². The van der Waals surface area contributed by atoms with Crippen LogP contribution in [0.15, 0.2) is 24.4 Å². The van der Waals surface area contributed by atoms with E-state index in [0.717, 1.165) is 37.3 Å². The molecule has 0 radical (unpaired) electrons. The van der Waals surface area contributed by atoms with E-state index in [4.69, 9.17) is 5.41 Å². The highest BCUT2D eigenvalue weighted by molar-refractivity contribution is 5.78. The Hall–Kier alpha value is -1.38. The topological polar surface area (TPSA) is 48.8 Å². The molecule has 0 atom stereocenters. The summed E-state index contributed by atoms with van der Waals surface area (Å²) in [7, 11) is 0. The first-order chi connectivity index (χ1) is 6.79. The molecule has 0 aliphatic carbocycles. The molecular weight excluding hydrogens is 174 g/mol. The highest BCUT2D eigenvalue weighted by atomic mass is 15.0. The average Bonchev–Trinajstić information content (AvgIpc) is 2.18. The standard InChI is InChI=1S/C11H17N3.H2/c1-10(12)6-2-4-8-13-11-7-3-5-9-14-11;/h3,5,7,9,12H,2,4,6,8H2,1H3,(H,13,14);1H. The third-order valence-corrected chi connectivity index (χ3v) is 1.95. The lowest BCUT2D eigenvalue weighted by Gasteiger charge is -2.04. The number of anilines is 1. The van der Waals surface area contributed by atoms with Crippen molar-refractivity contribution in [2.24, 2.45) is 0 Å². The van der Waals surface area contributed by atoms with Gasteiger partial charge in [-0.1, -0.05) is 6.07 Å². The normalized spacial score (nSPS) is 9.79. The summed E-state index contributed by atoms with van der Waals surface area (Å²) in [6, 6.07) is 5.84. The second-order valence-electron chi connectivity index (χ2n) is 3.38. The molecule has 3 nitrogen and oxygen atoms in total. The predicted molar refractivity (Wildman–Crippen MR) is 62.1 cm³/mol. The molecule has 2 N–H and O–H groups in total. The Balaban J connectivity index is 0.00000196. The first-order valence-electron chi connectivity index (χ1n) is 4.98. The minimum Gasteiger partial charge on any atom is -0.370 e. The molecule has 1 aromatic heterocycles. The van der Waals surface area contributed by atoms with Gasteiger partial charge in [0.05, 0.1) is 0 Å². The van der Waals surface area contributed by atoms with E-state index in [-0.39, 0.29) is 1.43 Å². The summed E-state index contributed by atoms with van der Waals surface area (Å²) in [5, 5.41) is 10.5. The lowest BCUT2D eigenvalue weighted by molar-refractivity contribution is 0.789. The van der Waals surface area contributed by atoms with Crippen LogP contribution < -0.4 is 5.32 Å². The van der Waals surface area contributed by atoms with Gasteiger partial charge in [0.1, 0.15) is 5.82 Å². The van der Waals surface area contributed by atoms with Crippen molar-refractivity contribution in [2.45, 2.75) is 26.2 Å². The van der Waals surface area contributed by atoms with Gasteiger partial charge in [0.2, 0.25) is 0 Å². The van der Waals surface area contributed by atoms with Crippen LogP contribution in [0.25, 0.3) is 0 Å². The van der Waals surface area contributed by atoms with Crippen molar-refractivity contribution in [1.82, 2.24) is 4.98 Å². The van der Waals surface area contributed by atoms with Crippen molar-refractivity contribution >= 4 is 11.5 Å². The van der Waals surface area contributed by atoms with E-state index in [2.05, 4.69) is 10.3 Å². The molecule has 1 heterocycles. The van der Waals surface area contributed by atoms with Crippen LogP contribution in [0.4, 0.5) is 5.82 Å². The molecule has 1 aromatic rings. The Labute approximate surface area is 86.6 Å². The Morgan fingerprint density at radius 1 is 1.50 bits per heavy atom. The van der Waals surface area contributed by atoms with Gasteiger partial charge in [-0.05, 0) is 38.3 Å². The summed E-state index contributed by atoms with van der Waals surface area (Å²) in [4.78, 5) is 4.16. The van der Waals surface area contributed by atoms with E-state index in [0.29, 0.717) is 0 Å². The largest absolute Gasteiger partial charge is 0.370 e. The van der Waals surface area contributed by atoms with E-state index < -0.39 is 0 Å². The van der Waals surface area contributed by atoms with Gasteiger partial charge in [0, 0.05) is 19.9 Å². The van der Waals surface area contributed by atoms with Crippen LogP contribution in [0.2, 0.25) is 0 Å². The second-order valence-corrected chi connectivity index (χ2v) is 3.38. The fourth-order valence-electron chi connectivity index (χ4n) is 1.20. The average molecular weight is 193 g/mol. The van der Waals surface area contributed by atoms with Crippen molar-refractivity contribution < 1.29 is 1.43 Å². The Morgan fingerprint density at radius 3 is 3.00 bits per heavy atom. The van der Waals surface area contributed by atoms with Gasteiger partial charge in [-0.15, -0.1) is 0 Å². The Kier molecular flexibility index (Phi) is 4.69. The summed E-state index contributed by atoms with van der Waals surface area (Å²) >= 11 is 0. The molecule has 0 bridgehead atoms. The molecular formula is C11H19N3. The molecule has 78 valence electrons. The Morgan fingerprint density at radius 2 is 2.36 bits per heavy atom. The number of aromatic nitrogens is 1. The molecule has 0 aliphatic rings. The number of nitrogens with one attached hydrogen (secondary N) is 2. The number of nitrogens with zero attached hydrogens (tertiary/aromatic N) is 1. The summed E-state index contributed by atoms with van der Waals surface area (Å²) in [6.45, 7) is 2.79. The third-order valence-electron chi connectivity index (χ3n) is 1.95. The molecule has 1 rings (SSSR count). The first kappa shape index (κ1) is 10.7. The molecule has 0 saturated heterocycles. The Bertz CT molecular complexity index is 274. The highest BCUT2D eigenvalue weighted by Gasteiger charge is 1.92. The van der Waals surface area contributed by atoms with Gasteiger partial charge >= 0.3 is 0 Å². The van der Waals surface area contributed by atoms with Crippen LogP contribution in [0, 0.1) is 5.41 Å². The van der Waals surface area contributed by atoms with Crippen molar-refractivity contribution in [3.05, 3.63) is 24.4 Å². The van der Waals surface area contributed by atoms with Crippen molar-refractivity contribution in [2.75, 3.05) is 11.9 Å². The van der Waals surface area contributed by atoms with Crippen LogP contribution in [0.1, 0.15) is 27.6 Å². The molecule has 0 aliphatic heterocycles. The second kappa shape index (κ2) is 6.13. The molecule has 3 heteroatoms. The van der Waals surface area contributed by atoms with Crippen molar-refractivity contribution in [1.29, 1.82) is 5.41 Å².